The Morgan fingerprint density at radius 1 is 1.18 bits per heavy atom. The molecule has 0 aliphatic carbocycles. The van der Waals surface area contributed by atoms with E-state index in [4.69, 9.17) is 11.0 Å². The van der Waals surface area contributed by atoms with Gasteiger partial charge in [0.05, 0.1) is 21.4 Å². The van der Waals surface area contributed by atoms with Crippen LogP contribution in [-0.4, -0.2) is 31.3 Å². The molecule has 3 heterocycles. The van der Waals surface area contributed by atoms with Crippen molar-refractivity contribution in [2.45, 2.75) is 37.5 Å². The van der Waals surface area contributed by atoms with Crippen molar-refractivity contribution in [2.75, 3.05) is 5.32 Å². The van der Waals surface area contributed by atoms with E-state index in [1.54, 1.807) is 0 Å². The van der Waals surface area contributed by atoms with Crippen molar-refractivity contribution >= 4 is 39.5 Å². The van der Waals surface area contributed by atoms with E-state index >= 15 is 4.39 Å². The number of hydrogen-bond donors (Lipinski definition) is 2. The van der Waals surface area contributed by atoms with Crippen LogP contribution in [0.5, 0.6) is 0 Å². The first-order valence-corrected chi connectivity index (χ1v) is 10.9. The minimum absolute atomic E-state index is 0.0965. The molecular formula is C22H19F4N7S. The molecule has 0 unspecified atom stereocenters. The quantitative estimate of drug-likeness (QED) is 0.504. The van der Waals surface area contributed by atoms with Crippen molar-refractivity contribution in [3.05, 3.63) is 53.5 Å². The lowest BCUT2D eigenvalue weighted by Crippen LogP contribution is -2.52. The molecule has 0 fully saturated rings. The fourth-order valence-corrected chi connectivity index (χ4v) is 5.19. The van der Waals surface area contributed by atoms with E-state index in [1.165, 1.54) is 45.4 Å². The van der Waals surface area contributed by atoms with Crippen molar-refractivity contribution < 1.29 is 17.6 Å². The second-order valence-corrected chi connectivity index (χ2v) is 9.78. The van der Waals surface area contributed by atoms with Crippen LogP contribution >= 0.6 is 11.8 Å². The molecule has 3 atom stereocenters. The van der Waals surface area contributed by atoms with Crippen LogP contribution < -0.4 is 11.1 Å². The maximum atomic E-state index is 15.1. The highest BCUT2D eigenvalue weighted by atomic mass is 32.2. The number of aliphatic imine (C=N–C) groups is 1. The zero-order valence-electron chi connectivity index (χ0n) is 18.3. The highest BCUT2D eigenvalue weighted by molar-refractivity contribution is 8.15. The molecule has 1 aliphatic heterocycles. The number of pyridine rings is 1. The van der Waals surface area contributed by atoms with Crippen LogP contribution in [0, 0.1) is 28.9 Å². The molecular weight excluding hydrogens is 470 g/mol. The summed E-state index contributed by atoms with van der Waals surface area (Å²) in [4.78, 5) is 16.6. The highest BCUT2D eigenvalue weighted by Gasteiger charge is 2.54. The Morgan fingerprint density at radius 3 is 2.59 bits per heavy atom. The third kappa shape index (κ3) is 3.79. The van der Waals surface area contributed by atoms with Crippen LogP contribution in [0.3, 0.4) is 0 Å². The highest BCUT2D eigenvalue weighted by Crippen LogP contribution is 2.53. The molecule has 3 N–H and O–H groups in total. The van der Waals surface area contributed by atoms with Crippen LogP contribution in [0.15, 0.2) is 35.7 Å². The van der Waals surface area contributed by atoms with Crippen molar-refractivity contribution in [1.29, 1.82) is 5.26 Å². The minimum Gasteiger partial charge on any atom is -0.378 e. The fourth-order valence-electron chi connectivity index (χ4n) is 4.01. The van der Waals surface area contributed by atoms with Gasteiger partial charge < -0.3 is 11.1 Å². The van der Waals surface area contributed by atoms with E-state index in [9.17, 15) is 13.2 Å². The second-order valence-electron chi connectivity index (χ2n) is 8.28. The lowest BCUT2D eigenvalue weighted by atomic mass is 9.73. The zero-order chi connectivity index (χ0) is 24.8. The average molecular weight is 490 g/mol. The summed E-state index contributed by atoms with van der Waals surface area (Å²) in [7, 11) is 0. The number of fused-ring (bicyclic) bond motifs is 1. The van der Waals surface area contributed by atoms with Crippen molar-refractivity contribution in [2.24, 2.45) is 16.6 Å². The number of hydrogen-bond acceptors (Lipinski definition) is 8. The molecule has 1 aromatic carbocycles. The number of alkyl halides is 2. The molecule has 12 heteroatoms. The summed E-state index contributed by atoms with van der Waals surface area (Å²) in [5, 5.41) is 11.8. The summed E-state index contributed by atoms with van der Waals surface area (Å²) < 4.78 is 56.1. The molecule has 0 spiro atoms. The standard InChI is InChI=1S/C22H19F4N7S/c1-10-21(2,33-20(28)34-22(10,3)19(25)26)13-5-12(6-14(23)16(13)24)32-18-17-15(30-9-31-18)4-11(7-27)8-29-17/h4-6,8-10,19H,1-3H3,(H2,28,33)(H,30,31,32)/t10-,21-,22-/m0/s1. The molecule has 4 rings (SSSR count). The van der Waals surface area contributed by atoms with Gasteiger partial charge in [0.15, 0.2) is 22.6 Å². The van der Waals surface area contributed by atoms with Gasteiger partial charge in [-0.2, -0.15) is 5.26 Å². The number of halogens is 4. The number of anilines is 2. The number of nitriles is 1. The smallest absolute Gasteiger partial charge is 0.253 e. The van der Waals surface area contributed by atoms with Gasteiger partial charge in [-0.05, 0) is 26.0 Å². The summed E-state index contributed by atoms with van der Waals surface area (Å²) in [5.41, 5.74) is 5.12. The van der Waals surface area contributed by atoms with Crippen LogP contribution in [0.4, 0.5) is 29.1 Å². The van der Waals surface area contributed by atoms with Crippen LogP contribution in [0.25, 0.3) is 11.0 Å². The lowest BCUT2D eigenvalue weighted by molar-refractivity contribution is 0.0571. The van der Waals surface area contributed by atoms with Gasteiger partial charge in [0.1, 0.15) is 17.9 Å². The molecule has 0 radical (unpaired) electrons. The van der Waals surface area contributed by atoms with Gasteiger partial charge in [-0.1, -0.05) is 18.7 Å². The van der Waals surface area contributed by atoms with E-state index in [0.717, 1.165) is 17.8 Å². The Bertz CT molecular complexity index is 1360. The number of amidine groups is 1. The van der Waals surface area contributed by atoms with E-state index in [1.807, 2.05) is 6.07 Å². The lowest BCUT2D eigenvalue weighted by Gasteiger charge is -2.46. The first-order valence-electron chi connectivity index (χ1n) is 10.1. The van der Waals surface area contributed by atoms with Gasteiger partial charge in [-0.25, -0.2) is 32.5 Å². The monoisotopic (exact) mass is 489 g/mol. The molecule has 2 aromatic heterocycles. The van der Waals surface area contributed by atoms with Crippen molar-refractivity contribution in [1.82, 2.24) is 15.0 Å². The molecule has 0 amide bonds. The third-order valence-electron chi connectivity index (χ3n) is 6.24. The Morgan fingerprint density at radius 2 is 1.91 bits per heavy atom. The van der Waals surface area contributed by atoms with E-state index < -0.39 is 34.3 Å². The molecule has 0 saturated carbocycles. The van der Waals surface area contributed by atoms with Gasteiger partial charge >= 0.3 is 0 Å². The number of nitrogens with one attached hydrogen (secondary N) is 1. The number of aromatic nitrogens is 3. The van der Waals surface area contributed by atoms with Gasteiger partial charge in [0.2, 0.25) is 0 Å². The van der Waals surface area contributed by atoms with Gasteiger partial charge in [-0.15, -0.1) is 0 Å². The summed E-state index contributed by atoms with van der Waals surface area (Å²) in [6, 6.07) is 5.69. The Kier molecular flexibility index (Phi) is 5.85. The number of benzene rings is 1. The van der Waals surface area contributed by atoms with Gasteiger partial charge in [0, 0.05) is 29.4 Å². The number of rotatable bonds is 4. The molecule has 7 nitrogen and oxygen atoms in total. The summed E-state index contributed by atoms with van der Waals surface area (Å²) >= 11 is 0.721. The van der Waals surface area contributed by atoms with E-state index in [2.05, 4.69) is 25.3 Å². The third-order valence-corrected chi connectivity index (χ3v) is 7.52. The topological polar surface area (TPSA) is 113 Å². The average Bonchev–Trinajstić information content (AvgIpc) is 2.79. The first-order chi connectivity index (χ1) is 16.0. The maximum Gasteiger partial charge on any atom is 0.253 e. The van der Waals surface area contributed by atoms with Gasteiger partial charge in [0.25, 0.3) is 6.43 Å². The minimum atomic E-state index is -2.79. The number of nitrogens with zero attached hydrogens (tertiary/aromatic N) is 5. The van der Waals surface area contributed by atoms with Gasteiger partial charge in [-0.3, -0.25) is 4.99 Å². The van der Waals surface area contributed by atoms with Crippen LogP contribution in [0.1, 0.15) is 31.9 Å². The SMILES string of the molecule is C[C@H]1[C@@](C)(c2cc(Nc3ncnc4cc(C#N)cnc34)cc(F)c2F)N=C(N)S[C@]1(C)C(F)F. The Labute approximate surface area is 196 Å². The van der Waals surface area contributed by atoms with Crippen molar-refractivity contribution in [3.63, 3.8) is 0 Å². The summed E-state index contributed by atoms with van der Waals surface area (Å²) in [5.74, 6) is -3.13. The largest absolute Gasteiger partial charge is 0.378 e. The predicted molar refractivity (Wildman–Crippen MR) is 122 cm³/mol. The first kappa shape index (κ1) is 23.7. The second kappa shape index (κ2) is 8.39. The molecule has 0 bridgehead atoms. The van der Waals surface area contributed by atoms with E-state index in [-0.39, 0.29) is 22.2 Å². The Hall–Kier alpha value is -3.46. The molecule has 176 valence electrons. The number of thioether (sulfide) groups is 1. The summed E-state index contributed by atoms with van der Waals surface area (Å²) in [6.45, 7) is 4.30. The molecule has 0 saturated heterocycles. The van der Waals surface area contributed by atoms with Crippen LogP contribution in [-0.2, 0) is 5.54 Å². The zero-order valence-corrected chi connectivity index (χ0v) is 19.1. The normalized spacial score (nSPS) is 24.7. The maximum absolute atomic E-state index is 15.1. The van der Waals surface area contributed by atoms with Crippen molar-refractivity contribution in [3.8, 4) is 6.07 Å². The van der Waals surface area contributed by atoms with E-state index in [0.29, 0.717) is 16.6 Å². The Balaban J connectivity index is 1.82. The molecule has 34 heavy (non-hydrogen) atoms. The molecule has 3 aromatic rings. The summed E-state index contributed by atoms with van der Waals surface area (Å²) in [6.07, 6.45) is -0.222. The molecule has 1 aliphatic rings. The fraction of sp³-hybridized carbons (Fsp3) is 0.318. The predicted octanol–water partition coefficient (Wildman–Crippen LogP) is 4.85. The number of nitrogens with two attached hydrogens (primary N) is 1. The van der Waals surface area contributed by atoms with Crippen LogP contribution in [0.2, 0.25) is 0 Å².